The van der Waals surface area contributed by atoms with Gasteiger partial charge < -0.3 is 40.0 Å². The number of anilines is 4. The van der Waals surface area contributed by atoms with Crippen molar-refractivity contribution in [1.29, 1.82) is 0 Å². The Labute approximate surface area is 509 Å². The summed E-state index contributed by atoms with van der Waals surface area (Å²) in [5, 5.41) is 49.9. The first-order chi connectivity index (χ1) is 38.5. The predicted molar refractivity (Wildman–Crippen MR) is 365 cm³/mol. The van der Waals surface area contributed by atoms with Gasteiger partial charge in [-0.05, 0) is 207 Å². The van der Waals surface area contributed by atoms with Crippen LogP contribution in [0.4, 0.5) is 22.7 Å². The van der Waals surface area contributed by atoms with Crippen molar-refractivity contribution < 1.29 is 20.4 Å². The molecule has 0 unspecified atom stereocenters. The van der Waals surface area contributed by atoms with E-state index < -0.39 is 0 Å². The summed E-state index contributed by atoms with van der Waals surface area (Å²) in [6.45, 7) is 38.1. The van der Waals surface area contributed by atoms with E-state index in [4.69, 9.17) is 0 Å². The first kappa shape index (κ1) is 61.3. The zero-order valence-corrected chi connectivity index (χ0v) is 51.5. The maximum absolute atomic E-state index is 10.3. The molecule has 8 aliphatic rings. The monoisotopic (exact) mass is 1140 g/mol. The van der Waals surface area contributed by atoms with E-state index in [1.165, 1.54) is 114 Å². The van der Waals surface area contributed by atoms with Gasteiger partial charge in [0.1, 0.15) is 23.0 Å². The minimum absolute atomic E-state index is 0. The summed E-state index contributed by atoms with van der Waals surface area (Å²) in [7, 11) is 0. The minimum atomic E-state index is 0. The van der Waals surface area contributed by atoms with E-state index in [2.05, 4.69) is 165 Å². The van der Waals surface area contributed by atoms with Crippen molar-refractivity contribution in [1.82, 2.24) is 0 Å². The van der Waals surface area contributed by atoms with Crippen LogP contribution in [0.25, 0.3) is 43.1 Å². The Bertz CT molecular complexity index is 3970. The molecular weight excluding hydrogens is 1040 g/mol. The lowest BCUT2D eigenvalue weighted by atomic mass is 9.77. The molecule has 0 spiro atoms. The molecule has 0 bridgehead atoms. The van der Waals surface area contributed by atoms with Crippen LogP contribution in [0.1, 0.15) is 189 Å². The fourth-order valence-electron chi connectivity index (χ4n) is 16.8. The summed E-state index contributed by atoms with van der Waals surface area (Å²) in [5.41, 5.74) is 18.4. The van der Waals surface area contributed by atoms with Crippen molar-refractivity contribution in [2.45, 2.75) is 209 Å². The van der Waals surface area contributed by atoms with Crippen molar-refractivity contribution in [3.05, 3.63) is 142 Å². The van der Waals surface area contributed by atoms with Crippen LogP contribution in [0.2, 0.25) is 0 Å². The maximum Gasteiger partial charge on any atom is 0.123 e. The summed E-state index contributed by atoms with van der Waals surface area (Å²) in [6, 6.07) is 32.6. The number of benzene rings is 8. The van der Waals surface area contributed by atoms with Crippen molar-refractivity contribution in [3.8, 4) is 23.0 Å². The van der Waals surface area contributed by atoms with Gasteiger partial charge in [-0.15, -0.1) is 0 Å². The zero-order chi connectivity index (χ0) is 58.2. The zero-order valence-electron chi connectivity index (χ0n) is 51.5. The Morgan fingerprint density at radius 2 is 0.706 bits per heavy atom. The van der Waals surface area contributed by atoms with Gasteiger partial charge in [0.25, 0.3) is 0 Å². The highest BCUT2D eigenvalue weighted by atomic mass is 16.3. The number of hydrogen-bond acceptors (Lipinski definition) is 8. The second kappa shape index (κ2) is 20.4. The van der Waals surface area contributed by atoms with Crippen LogP contribution in [0.3, 0.4) is 0 Å². The molecule has 4 N–H and O–H groups in total. The normalized spacial score (nSPS) is 20.4. The Balaban J connectivity index is 0.000000125. The highest BCUT2D eigenvalue weighted by molar-refractivity contribution is 6.01. The van der Waals surface area contributed by atoms with Gasteiger partial charge >= 0.3 is 0 Å². The van der Waals surface area contributed by atoms with E-state index in [1.54, 1.807) is 24.3 Å². The van der Waals surface area contributed by atoms with Gasteiger partial charge in [-0.1, -0.05) is 126 Å². The summed E-state index contributed by atoms with van der Waals surface area (Å²) < 4.78 is 0. The lowest BCUT2D eigenvalue weighted by Crippen LogP contribution is -2.50. The first-order valence-corrected chi connectivity index (χ1v) is 30.7. The Morgan fingerprint density at radius 3 is 1.25 bits per heavy atom. The van der Waals surface area contributed by atoms with Gasteiger partial charge in [-0.2, -0.15) is 0 Å². The molecule has 452 valence electrons. The molecule has 0 amide bonds. The predicted octanol–water partition coefficient (Wildman–Crippen LogP) is 18.6. The third-order valence-electron chi connectivity index (χ3n) is 21.1. The Morgan fingerprint density at radius 1 is 0.341 bits per heavy atom. The van der Waals surface area contributed by atoms with Crippen LogP contribution < -0.4 is 19.6 Å². The average Bonchev–Trinajstić information content (AvgIpc) is 1.86. The summed E-state index contributed by atoms with van der Waals surface area (Å²) in [5.74, 6) is 1.64. The topological polar surface area (TPSA) is 93.9 Å². The van der Waals surface area contributed by atoms with Crippen molar-refractivity contribution in [2.75, 3.05) is 52.3 Å². The standard InChI is InChI=1S/2C19H23NO.2C18H21NO.3CH4/c1-18(2)11-20-17-12(8-9-19(20,3)4)10-14-13(16(17)18)6-5-7-15(14)21;1-18(2)11-20-17-13(8-9-19(20,3)4)12-6-5-7-16(21)14(12)10-15(17)18;1-17(2)9-19-10-18(3,4)15-11-6-5-7-14(20)12(11)8-13(17)16(15)19;1-18(2)9-8-14-13-6-3-7-16(20)15(13)11-12-5-4-10-19(18)17(12)14;;;/h2*5-7,10,21H,8-9,11H2,1-4H3;5-8,20H,9-10H2,1-4H3;3,6-7,11,20H,4-5,8-10H2,1-2H3;3*1H4. The molecule has 0 aromatic heterocycles. The third-order valence-corrected chi connectivity index (χ3v) is 21.1. The lowest BCUT2D eigenvalue weighted by Gasteiger charge is -2.48. The highest BCUT2D eigenvalue weighted by Crippen LogP contribution is 2.57. The first-order valence-electron chi connectivity index (χ1n) is 30.7. The molecule has 8 heterocycles. The van der Waals surface area contributed by atoms with E-state index in [0.29, 0.717) is 23.0 Å². The Kier molecular flexibility index (Phi) is 14.7. The van der Waals surface area contributed by atoms with E-state index in [0.717, 1.165) is 80.0 Å². The van der Waals surface area contributed by atoms with Crippen LogP contribution >= 0.6 is 0 Å². The number of rotatable bonds is 0. The quantitative estimate of drug-likeness (QED) is 0.119. The number of phenols is 4. The van der Waals surface area contributed by atoms with Gasteiger partial charge in [-0.25, -0.2) is 0 Å². The molecular formula is C77H100N4O4. The minimum Gasteiger partial charge on any atom is -0.507 e. The number of fused-ring (bicyclic) bond motifs is 8. The third kappa shape index (κ3) is 9.43. The van der Waals surface area contributed by atoms with Crippen molar-refractivity contribution in [3.63, 3.8) is 0 Å². The molecule has 0 aliphatic carbocycles. The van der Waals surface area contributed by atoms with E-state index >= 15 is 0 Å². The molecule has 8 aliphatic heterocycles. The van der Waals surface area contributed by atoms with Gasteiger partial charge in [0.2, 0.25) is 0 Å². The molecule has 8 heteroatoms. The van der Waals surface area contributed by atoms with Crippen LogP contribution in [0.15, 0.2) is 97.1 Å². The highest BCUT2D eigenvalue weighted by Gasteiger charge is 2.49. The molecule has 8 nitrogen and oxygen atoms in total. The summed E-state index contributed by atoms with van der Waals surface area (Å²) in [6.07, 6.45) is 9.21. The molecule has 0 fully saturated rings. The van der Waals surface area contributed by atoms with Gasteiger partial charge in [0, 0.05) is 115 Å². The van der Waals surface area contributed by atoms with Crippen molar-refractivity contribution >= 4 is 65.8 Å². The maximum atomic E-state index is 10.3. The second-order valence-electron chi connectivity index (χ2n) is 30.3. The molecule has 16 rings (SSSR count). The molecule has 0 saturated carbocycles. The summed E-state index contributed by atoms with van der Waals surface area (Å²) in [4.78, 5) is 10.3. The molecule has 0 radical (unpaired) electrons. The molecule has 0 atom stereocenters. The molecule has 8 aromatic rings. The number of nitrogens with zero attached hydrogens (tertiary/aromatic N) is 4. The smallest absolute Gasteiger partial charge is 0.123 e. The molecule has 85 heavy (non-hydrogen) atoms. The van der Waals surface area contributed by atoms with Crippen LogP contribution in [0, 0.1) is 0 Å². The lowest BCUT2D eigenvalue weighted by molar-refractivity contribution is 0.395. The SMILES string of the molecule is C.C.C.CC1(C)CCc2c3c(cc4c(O)cccc24)CCCN31.CC1(C)CN2CC(C)(C)c3c2c1cc1c(O)cccc31.CC1(C)CN2c3c(cc4c(O)cccc4c31)CCC2(C)C.CC1(C)CN2c3c1cc1c(O)cccc1c3CCC2(C)C. The van der Waals surface area contributed by atoms with E-state index in [1.807, 2.05) is 24.3 Å². The van der Waals surface area contributed by atoms with Crippen LogP contribution in [-0.4, -0.2) is 69.8 Å². The van der Waals surface area contributed by atoms with E-state index in [-0.39, 0.29) is 60.6 Å². The van der Waals surface area contributed by atoms with Gasteiger partial charge in [0.05, 0.1) is 0 Å². The molecule has 0 saturated heterocycles. The van der Waals surface area contributed by atoms with E-state index in [9.17, 15) is 20.4 Å². The van der Waals surface area contributed by atoms with Crippen molar-refractivity contribution in [2.24, 2.45) is 0 Å². The van der Waals surface area contributed by atoms with Gasteiger partial charge in [-0.3, -0.25) is 0 Å². The average molecular weight is 1150 g/mol. The number of aromatic hydroxyl groups is 4. The molecule has 8 aromatic carbocycles. The largest absolute Gasteiger partial charge is 0.507 e. The van der Waals surface area contributed by atoms with Crippen LogP contribution in [-0.2, 0) is 47.3 Å². The summed E-state index contributed by atoms with van der Waals surface area (Å²) >= 11 is 0. The second-order valence-corrected chi connectivity index (χ2v) is 30.3. The number of hydrogen-bond donors (Lipinski definition) is 4. The fraction of sp³-hybridized carbons (Fsp3) is 0.481. The van der Waals surface area contributed by atoms with Crippen LogP contribution in [0.5, 0.6) is 23.0 Å². The number of phenolic OH excluding ortho intramolecular Hbond substituents is 4. The van der Waals surface area contributed by atoms with Gasteiger partial charge in [0.15, 0.2) is 0 Å². The Hall–Kier alpha value is -6.80. The number of aryl methyl sites for hydroxylation is 4. The fourth-order valence-corrected chi connectivity index (χ4v) is 16.8.